The van der Waals surface area contributed by atoms with Crippen LogP contribution in [-0.4, -0.2) is 0 Å². The Morgan fingerprint density at radius 1 is 0.905 bits per heavy atom. The normalized spacial score (nSPS) is 20.8. The highest BCUT2D eigenvalue weighted by atomic mass is 16.5. The van der Waals surface area contributed by atoms with Gasteiger partial charge in [0.15, 0.2) is 0 Å². The number of hydrogen-bond acceptors (Lipinski definition) is 2. The Labute approximate surface area is 126 Å². The average Bonchev–Trinajstić information content (AvgIpc) is 2.43. The number of aryl methyl sites for hydroxylation is 4. The van der Waals surface area contributed by atoms with Crippen molar-refractivity contribution in [1.82, 2.24) is 0 Å². The third kappa shape index (κ3) is 2.56. The lowest BCUT2D eigenvalue weighted by Crippen LogP contribution is -2.24. The molecule has 0 aliphatic carbocycles. The topological polar surface area (TPSA) is 35.2 Å². The van der Waals surface area contributed by atoms with E-state index in [0.717, 1.165) is 17.7 Å². The number of ether oxygens (including phenoxy) is 1. The molecular formula is C19H23NO. The van der Waals surface area contributed by atoms with Gasteiger partial charge in [0.2, 0.25) is 0 Å². The summed E-state index contributed by atoms with van der Waals surface area (Å²) >= 11 is 0. The minimum absolute atomic E-state index is 0.0414. The summed E-state index contributed by atoms with van der Waals surface area (Å²) in [6.45, 7) is 8.55. The fourth-order valence-electron chi connectivity index (χ4n) is 3.14. The van der Waals surface area contributed by atoms with E-state index in [0.29, 0.717) is 0 Å². The number of fused-ring (bicyclic) bond motifs is 1. The molecule has 0 amide bonds. The summed E-state index contributed by atoms with van der Waals surface area (Å²) < 4.78 is 6.24. The first-order chi connectivity index (χ1) is 9.95. The third-order valence-electron chi connectivity index (χ3n) is 4.53. The van der Waals surface area contributed by atoms with E-state index >= 15 is 0 Å². The Morgan fingerprint density at radius 2 is 1.62 bits per heavy atom. The van der Waals surface area contributed by atoms with E-state index in [9.17, 15) is 0 Å². The van der Waals surface area contributed by atoms with E-state index in [-0.39, 0.29) is 12.1 Å². The SMILES string of the molecule is Cc1ccc2c(c1)[C@@H](N)CC(c1cc(C)c(C)cc1C)O2. The van der Waals surface area contributed by atoms with Gasteiger partial charge in [-0.05, 0) is 56.0 Å². The molecule has 1 heterocycles. The Morgan fingerprint density at radius 3 is 2.38 bits per heavy atom. The van der Waals surface area contributed by atoms with Crippen molar-refractivity contribution >= 4 is 0 Å². The molecule has 1 unspecified atom stereocenters. The van der Waals surface area contributed by atoms with Crippen molar-refractivity contribution < 1.29 is 4.74 Å². The van der Waals surface area contributed by atoms with Crippen LogP contribution in [-0.2, 0) is 0 Å². The van der Waals surface area contributed by atoms with Gasteiger partial charge in [0.1, 0.15) is 11.9 Å². The molecule has 1 aliphatic rings. The van der Waals surface area contributed by atoms with Gasteiger partial charge < -0.3 is 10.5 Å². The molecule has 0 saturated carbocycles. The molecule has 21 heavy (non-hydrogen) atoms. The van der Waals surface area contributed by atoms with Crippen LogP contribution in [0.2, 0.25) is 0 Å². The quantitative estimate of drug-likeness (QED) is 0.838. The Kier molecular flexibility index (Phi) is 3.50. The van der Waals surface area contributed by atoms with Gasteiger partial charge in [-0.2, -0.15) is 0 Å². The second kappa shape index (κ2) is 5.19. The fourth-order valence-corrected chi connectivity index (χ4v) is 3.14. The number of rotatable bonds is 1. The van der Waals surface area contributed by atoms with Crippen LogP contribution in [0.3, 0.4) is 0 Å². The van der Waals surface area contributed by atoms with E-state index in [4.69, 9.17) is 10.5 Å². The highest BCUT2D eigenvalue weighted by Gasteiger charge is 2.28. The lowest BCUT2D eigenvalue weighted by Gasteiger charge is -2.32. The minimum Gasteiger partial charge on any atom is -0.485 e. The molecule has 2 aromatic rings. The van der Waals surface area contributed by atoms with Crippen LogP contribution in [0.4, 0.5) is 0 Å². The largest absolute Gasteiger partial charge is 0.485 e. The van der Waals surface area contributed by atoms with E-state index in [1.807, 2.05) is 6.07 Å². The van der Waals surface area contributed by atoms with Crippen LogP contribution in [0, 0.1) is 27.7 Å². The minimum atomic E-state index is 0.0414. The summed E-state index contributed by atoms with van der Waals surface area (Å²) in [5, 5.41) is 0. The molecule has 2 nitrogen and oxygen atoms in total. The molecule has 2 atom stereocenters. The maximum absolute atomic E-state index is 6.38. The molecule has 110 valence electrons. The highest BCUT2D eigenvalue weighted by molar-refractivity contribution is 5.44. The Hall–Kier alpha value is -1.80. The smallest absolute Gasteiger partial charge is 0.126 e. The summed E-state index contributed by atoms with van der Waals surface area (Å²) in [6, 6.07) is 10.8. The zero-order valence-electron chi connectivity index (χ0n) is 13.2. The summed E-state index contributed by atoms with van der Waals surface area (Å²) in [5.74, 6) is 0.932. The number of nitrogens with two attached hydrogens (primary N) is 1. The maximum Gasteiger partial charge on any atom is 0.126 e. The second-order valence-corrected chi connectivity index (χ2v) is 6.28. The molecule has 3 rings (SSSR count). The van der Waals surface area contributed by atoms with Crippen LogP contribution < -0.4 is 10.5 Å². The van der Waals surface area contributed by atoms with Crippen molar-refractivity contribution in [3.05, 3.63) is 63.7 Å². The monoisotopic (exact) mass is 281 g/mol. The van der Waals surface area contributed by atoms with Gasteiger partial charge in [0.25, 0.3) is 0 Å². The fraction of sp³-hybridized carbons (Fsp3) is 0.368. The van der Waals surface area contributed by atoms with E-state index in [1.54, 1.807) is 0 Å². The van der Waals surface area contributed by atoms with Crippen LogP contribution in [0.1, 0.15) is 51.9 Å². The molecule has 0 bridgehead atoms. The molecule has 2 N–H and O–H groups in total. The summed E-state index contributed by atoms with van der Waals surface area (Å²) in [5.41, 5.74) is 13.9. The molecule has 0 aromatic heterocycles. The predicted molar refractivity (Wildman–Crippen MR) is 86.7 cm³/mol. The van der Waals surface area contributed by atoms with Gasteiger partial charge in [-0.25, -0.2) is 0 Å². The molecule has 0 saturated heterocycles. The molecular weight excluding hydrogens is 258 g/mol. The van der Waals surface area contributed by atoms with Crippen LogP contribution in [0.5, 0.6) is 5.75 Å². The first kappa shape index (κ1) is 14.2. The molecule has 0 fully saturated rings. The summed E-state index contributed by atoms with van der Waals surface area (Å²) in [6.07, 6.45) is 0.884. The van der Waals surface area contributed by atoms with Crippen molar-refractivity contribution in [2.24, 2.45) is 5.73 Å². The highest BCUT2D eigenvalue weighted by Crippen LogP contribution is 2.41. The van der Waals surface area contributed by atoms with Gasteiger partial charge in [-0.15, -0.1) is 0 Å². The lowest BCUT2D eigenvalue weighted by molar-refractivity contribution is 0.161. The number of hydrogen-bond donors (Lipinski definition) is 1. The summed E-state index contributed by atoms with van der Waals surface area (Å²) in [7, 11) is 0. The molecule has 2 aromatic carbocycles. The number of benzene rings is 2. The van der Waals surface area contributed by atoms with Gasteiger partial charge in [0, 0.05) is 18.0 Å². The molecule has 0 spiro atoms. The Balaban J connectivity index is 1.99. The van der Waals surface area contributed by atoms with Crippen molar-refractivity contribution in [2.45, 2.75) is 46.3 Å². The van der Waals surface area contributed by atoms with E-state index in [1.165, 1.54) is 27.8 Å². The van der Waals surface area contributed by atoms with Gasteiger partial charge in [0.05, 0.1) is 0 Å². The maximum atomic E-state index is 6.38. The first-order valence-corrected chi connectivity index (χ1v) is 7.56. The average molecular weight is 281 g/mol. The van der Waals surface area contributed by atoms with Crippen molar-refractivity contribution in [3.63, 3.8) is 0 Å². The van der Waals surface area contributed by atoms with Crippen molar-refractivity contribution in [3.8, 4) is 5.75 Å². The second-order valence-electron chi connectivity index (χ2n) is 6.28. The van der Waals surface area contributed by atoms with Crippen LogP contribution in [0.25, 0.3) is 0 Å². The van der Waals surface area contributed by atoms with Crippen molar-refractivity contribution in [2.75, 3.05) is 0 Å². The predicted octanol–water partition coefficient (Wildman–Crippen LogP) is 4.44. The lowest BCUT2D eigenvalue weighted by atomic mass is 9.89. The summed E-state index contributed by atoms with van der Waals surface area (Å²) in [4.78, 5) is 0. The van der Waals surface area contributed by atoms with Crippen molar-refractivity contribution in [1.29, 1.82) is 0 Å². The van der Waals surface area contributed by atoms with E-state index in [2.05, 4.69) is 52.0 Å². The molecule has 1 aliphatic heterocycles. The standard InChI is InChI=1S/C19H23NO/c1-11-5-6-18-16(7-11)17(20)10-19(21-18)15-9-13(3)12(2)8-14(15)4/h5-9,17,19H,10,20H2,1-4H3/t17-,19?/m0/s1. The van der Waals surface area contributed by atoms with E-state index < -0.39 is 0 Å². The van der Waals surface area contributed by atoms with Gasteiger partial charge in [-0.1, -0.05) is 29.8 Å². The molecule has 0 radical (unpaired) electrons. The first-order valence-electron chi connectivity index (χ1n) is 7.56. The third-order valence-corrected chi connectivity index (χ3v) is 4.53. The van der Waals surface area contributed by atoms with Gasteiger partial charge in [-0.3, -0.25) is 0 Å². The zero-order valence-corrected chi connectivity index (χ0v) is 13.2. The van der Waals surface area contributed by atoms with Gasteiger partial charge >= 0.3 is 0 Å². The van der Waals surface area contributed by atoms with Crippen LogP contribution >= 0.6 is 0 Å². The molecule has 2 heteroatoms. The Bertz CT molecular complexity index is 690. The van der Waals surface area contributed by atoms with Crippen LogP contribution in [0.15, 0.2) is 30.3 Å². The zero-order chi connectivity index (χ0) is 15.1.